The Bertz CT molecular complexity index is 1180. The van der Waals surface area contributed by atoms with Gasteiger partial charge in [-0.3, -0.25) is 15.2 Å². The molecule has 0 aliphatic rings. The average Bonchev–Trinajstić information content (AvgIpc) is 3.49. The summed E-state index contributed by atoms with van der Waals surface area (Å²) < 4.78 is 16.3. The Balaban J connectivity index is 1.45. The third kappa shape index (κ3) is 4.81. The van der Waals surface area contributed by atoms with Crippen LogP contribution in [0.25, 0.3) is 11.4 Å². The quantitative estimate of drug-likeness (QED) is 0.431. The minimum atomic E-state index is -0.355. The van der Waals surface area contributed by atoms with Gasteiger partial charge in [-0.25, -0.2) is 4.98 Å². The van der Waals surface area contributed by atoms with Crippen molar-refractivity contribution in [2.45, 2.75) is 6.61 Å². The molecule has 0 spiro atoms. The lowest BCUT2D eigenvalue weighted by molar-refractivity contribution is 0.102. The summed E-state index contributed by atoms with van der Waals surface area (Å²) in [4.78, 5) is 21.2. The van der Waals surface area contributed by atoms with Gasteiger partial charge in [-0.15, -0.1) is 16.4 Å². The molecule has 9 nitrogen and oxygen atoms in total. The third-order valence-electron chi connectivity index (χ3n) is 4.34. The monoisotopic (exact) mass is 437 g/mol. The van der Waals surface area contributed by atoms with Crippen molar-refractivity contribution in [1.82, 2.24) is 20.2 Å². The summed E-state index contributed by atoms with van der Waals surface area (Å²) in [7, 11) is 3.14. The van der Waals surface area contributed by atoms with Gasteiger partial charge in [-0.2, -0.15) is 4.98 Å². The van der Waals surface area contributed by atoms with Crippen LogP contribution in [-0.4, -0.2) is 40.3 Å². The van der Waals surface area contributed by atoms with Gasteiger partial charge in [0.05, 0.1) is 31.0 Å². The van der Waals surface area contributed by atoms with Crippen LogP contribution in [0.4, 0.5) is 5.95 Å². The third-order valence-corrected chi connectivity index (χ3v) is 4.98. The molecule has 2 N–H and O–H groups in total. The van der Waals surface area contributed by atoms with E-state index in [0.29, 0.717) is 40.8 Å². The number of benzene rings is 2. The lowest BCUT2D eigenvalue weighted by Crippen LogP contribution is -2.13. The van der Waals surface area contributed by atoms with Gasteiger partial charge in [0.25, 0.3) is 5.91 Å². The molecule has 31 heavy (non-hydrogen) atoms. The second-order valence-corrected chi connectivity index (χ2v) is 7.04. The molecule has 2 heterocycles. The number of amides is 1. The average molecular weight is 437 g/mol. The van der Waals surface area contributed by atoms with Crippen molar-refractivity contribution in [2.24, 2.45) is 0 Å². The number of ether oxygens (including phenoxy) is 3. The molecule has 0 unspecified atom stereocenters. The number of anilines is 1. The van der Waals surface area contributed by atoms with Gasteiger partial charge in [-0.1, -0.05) is 6.07 Å². The Morgan fingerprint density at radius 1 is 1.13 bits per heavy atom. The minimum absolute atomic E-state index is 0.145. The van der Waals surface area contributed by atoms with Crippen LogP contribution in [-0.2, 0) is 6.61 Å². The molecule has 0 atom stereocenters. The van der Waals surface area contributed by atoms with Crippen LogP contribution >= 0.6 is 11.3 Å². The summed E-state index contributed by atoms with van der Waals surface area (Å²) in [5.41, 5.74) is 3.69. The molecule has 0 fully saturated rings. The van der Waals surface area contributed by atoms with E-state index in [1.807, 2.05) is 5.38 Å². The van der Waals surface area contributed by atoms with Crippen molar-refractivity contribution >= 4 is 23.2 Å². The zero-order chi connectivity index (χ0) is 21.6. The summed E-state index contributed by atoms with van der Waals surface area (Å²) in [6.07, 6.45) is 0. The number of nitrogens with zero attached hydrogens (tertiary/aromatic N) is 3. The van der Waals surface area contributed by atoms with Crippen LogP contribution in [0.1, 0.15) is 16.1 Å². The molecule has 158 valence electrons. The van der Waals surface area contributed by atoms with Gasteiger partial charge in [-0.05, 0) is 30.3 Å². The highest BCUT2D eigenvalue weighted by atomic mass is 32.1. The molecule has 0 bridgehead atoms. The van der Waals surface area contributed by atoms with Crippen LogP contribution < -0.4 is 19.5 Å². The van der Waals surface area contributed by atoms with E-state index >= 15 is 0 Å². The topological polar surface area (TPSA) is 111 Å². The van der Waals surface area contributed by atoms with Gasteiger partial charge in [0.1, 0.15) is 23.9 Å². The number of carbonyl (C=O) groups is 1. The first-order chi connectivity index (χ1) is 15.2. The van der Waals surface area contributed by atoms with Crippen LogP contribution in [0.3, 0.4) is 0 Å². The maximum absolute atomic E-state index is 12.6. The lowest BCUT2D eigenvalue weighted by Gasteiger charge is -2.08. The van der Waals surface area contributed by atoms with Gasteiger partial charge in [0.2, 0.25) is 5.95 Å². The number of hydrogen-bond donors (Lipinski definition) is 2. The Morgan fingerprint density at radius 2 is 2.03 bits per heavy atom. The van der Waals surface area contributed by atoms with Crippen LogP contribution in [0.5, 0.6) is 17.2 Å². The van der Waals surface area contributed by atoms with Gasteiger partial charge in [0, 0.05) is 17.0 Å². The van der Waals surface area contributed by atoms with Crippen molar-refractivity contribution in [3.63, 3.8) is 0 Å². The number of aromatic amines is 1. The second-order valence-electron chi connectivity index (χ2n) is 6.32. The summed E-state index contributed by atoms with van der Waals surface area (Å²) in [6, 6.07) is 12.2. The number of methoxy groups -OCH3 is 2. The smallest absolute Gasteiger partial charge is 0.258 e. The fourth-order valence-corrected chi connectivity index (χ4v) is 3.34. The largest absolute Gasteiger partial charge is 0.497 e. The maximum Gasteiger partial charge on any atom is 0.258 e. The number of hydrogen-bond acceptors (Lipinski definition) is 8. The predicted molar refractivity (Wildman–Crippen MR) is 116 cm³/mol. The number of aromatic nitrogens is 4. The molecule has 0 aliphatic heterocycles. The molecular weight excluding hydrogens is 418 g/mol. The summed E-state index contributed by atoms with van der Waals surface area (Å²) >= 11 is 1.50. The first-order valence-corrected chi connectivity index (χ1v) is 10.2. The standard InChI is InChI=1S/C21H19N5O4S/c1-28-15-6-7-17(18(9-15)29-2)19-23-21(26-25-19)24-20(27)13-4-3-5-16(8-13)30-10-14-11-31-12-22-14/h3-9,11-12H,10H2,1-2H3,(H2,23,24,25,26,27). The Kier molecular flexibility index (Phi) is 6.08. The van der Waals surface area contributed by atoms with Crippen molar-refractivity contribution in [3.05, 3.63) is 64.6 Å². The molecule has 0 saturated heterocycles. The van der Waals surface area contributed by atoms with E-state index in [1.165, 1.54) is 11.3 Å². The Labute approximate surface area is 182 Å². The van der Waals surface area contributed by atoms with Crippen LogP contribution in [0.2, 0.25) is 0 Å². The Morgan fingerprint density at radius 3 is 2.81 bits per heavy atom. The maximum atomic E-state index is 12.6. The molecule has 4 aromatic rings. The van der Waals surface area contributed by atoms with Gasteiger partial charge >= 0.3 is 0 Å². The molecule has 1 amide bonds. The first-order valence-electron chi connectivity index (χ1n) is 9.22. The SMILES string of the molecule is COc1ccc(-c2nc(NC(=O)c3cccc(OCc4cscn4)c3)n[nH]2)c(OC)c1. The zero-order valence-electron chi connectivity index (χ0n) is 16.8. The predicted octanol–water partition coefficient (Wildman–Crippen LogP) is 3.78. The van der Waals surface area contributed by atoms with E-state index in [2.05, 4.69) is 25.5 Å². The van der Waals surface area contributed by atoms with Crippen LogP contribution in [0.15, 0.2) is 53.4 Å². The van der Waals surface area contributed by atoms with E-state index < -0.39 is 0 Å². The van der Waals surface area contributed by atoms with E-state index in [0.717, 1.165) is 5.69 Å². The van der Waals surface area contributed by atoms with E-state index in [1.54, 1.807) is 62.2 Å². The van der Waals surface area contributed by atoms with E-state index in [9.17, 15) is 4.79 Å². The number of H-pyrrole nitrogens is 1. The normalized spacial score (nSPS) is 10.5. The highest BCUT2D eigenvalue weighted by molar-refractivity contribution is 7.07. The highest BCUT2D eigenvalue weighted by Gasteiger charge is 2.15. The molecule has 0 saturated carbocycles. The minimum Gasteiger partial charge on any atom is -0.497 e. The molecular formula is C21H19N5O4S. The lowest BCUT2D eigenvalue weighted by atomic mass is 10.2. The summed E-state index contributed by atoms with van der Waals surface area (Å²) in [5, 5.41) is 11.5. The fraction of sp³-hybridized carbons (Fsp3) is 0.143. The summed E-state index contributed by atoms with van der Waals surface area (Å²) in [5.74, 6) is 2.04. The van der Waals surface area contributed by atoms with E-state index in [4.69, 9.17) is 14.2 Å². The Hall–Kier alpha value is -3.92. The molecule has 4 rings (SSSR count). The van der Waals surface area contributed by atoms with Gasteiger partial charge in [0.15, 0.2) is 5.82 Å². The molecule has 0 radical (unpaired) electrons. The molecule has 10 heteroatoms. The summed E-state index contributed by atoms with van der Waals surface area (Å²) in [6.45, 7) is 0.336. The number of rotatable bonds is 8. The molecule has 2 aromatic heterocycles. The van der Waals surface area contributed by atoms with E-state index in [-0.39, 0.29) is 11.9 Å². The van der Waals surface area contributed by atoms with Crippen molar-refractivity contribution < 1.29 is 19.0 Å². The highest BCUT2D eigenvalue weighted by Crippen LogP contribution is 2.31. The van der Waals surface area contributed by atoms with Crippen molar-refractivity contribution in [3.8, 4) is 28.6 Å². The zero-order valence-corrected chi connectivity index (χ0v) is 17.6. The van der Waals surface area contributed by atoms with Crippen LogP contribution in [0, 0.1) is 0 Å². The number of nitrogens with one attached hydrogen (secondary N) is 2. The molecule has 0 aliphatic carbocycles. The van der Waals surface area contributed by atoms with Crippen molar-refractivity contribution in [1.29, 1.82) is 0 Å². The first kappa shape index (κ1) is 20.4. The second kappa shape index (κ2) is 9.26. The van der Waals surface area contributed by atoms with Crippen molar-refractivity contribution in [2.75, 3.05) is 19.5 Å². The van der Waals surface area contributed by atoms with Gasteiger partial charge < -0.3 is 14.2 Å². The number of carbonyl (C=O) groups excluding carboxylic acids is 1. The number of thiazole rings is 1. The molecule has 2 aromatic carbocycles. The fourth-order valence-electron chi connectivity index (χ4n) is 2.80.